The van der Waals surface area contributed by atoms with E-state index in [1.54, 1.807) is 0 Å². The van der Waals surface area contributed by atoms with Gasteiger partial charge in [-0.2, -0.15) is 0 Å². The maximum Gasteiger partial charge on any atom is 0.326 e. The minimum Gasteiger partial charge on any atom is -0.481 e. The van der Waals surface area contributed by atoms with Gasteiger partial charge >= 0.3 is 18.0 Å². The Morgan fingerprint density at radius 3 is 2.61 bits per heavy atom. The van der Waals surface area contributed by atoms with Gasteiger partial charge in [-0.1, -0.05) is 4.49 Å². The third kappa shape index (κ3) is 4.74. The number of rotatable bonds is 6. The number of carbonyl (C=O) groups is 3. The molecule has 1 rings (SSSR count). The number of aliphatic carboxylic acids is 2. The van der Waals surface area contributed by atoms with Crippen LogP contribution in [-0.4, -0.2) is 43.8 Å². The first-order valence-corrected chi connectivity index (χ1v) is 5.56. The van der Waals surface area contributed by atoms with E-state index in [2.05, 4.69) is 20.2 Å². The summed E-state index contributed by atoms with van der Waals surface area (Å²) < 4.78 is 3.50. The highest BCUT2D eigenvalue weighted by atomic mass is 32.1. The van der Waals surface area contributed by atoms with Crippen LogP contribution in [-0.2, 0) is 9.59 Å². The lowest BCUT2D eigenvalue weighted by atomic mass is 10.1. The minimum atomic E-state index is -1.30. The minimum absolute atomic E-state index is 0.195. The summed E-state index contributed by atoms with van der Waals surface area (Å²) >= 11 is 0.930. The van der Waals surface area contributed by atoms with Gasteiger partial charge in [-0.3, -0.25) is 10.1 Å². The van der Waals surface area contributed by atoms with E-state index in [1.807, 2.05) is 0 Å². The molecule has 1 aromatic rings. The molecule has 2 amide bonds. The van der Waals surface area contributed by atoms with Crippen LogP contribution in [0.25, 0.3) is 0 Å². The average molecular weight is 274 g/mol. The molecule has 0 unspecified atom stereocenters. The maximum atomic E-state index is 11.4. The molecule has 98 valence electrons. The zero-order valence-corrected chi connectivity index (χ0v) is 9.81. The molecule has 9 nitrogen and oxygen atoms in total. The third-order valence-corrected chi connectivity index (χ3v) is 2.43. The SMILES string of the molecule is O=C(O)CC[C@H](NC(=O)Nc1cnns1)C(=O)O. The van der Waals surface area contributed by atoms with Crippen LogP contribution < -0.4 is 10.6 Å². The summed E-state index contributed by atoms with van der Waals surface area (Å²) in [5.74, 6) is -2.43. The second kappa shape index (κ2) is 6.49. The smallest absolute Gasteiger partial charge is 0.326 e. The van der Waals surface area contributed by atoms with Crippen LogP contribution in [0.1, 0.15) is 12.8 Å². The summed E-state index contributed by atoms with van der Waals surface area (Å²) in [5.41, 5.74) is 0. The van der Waals surface area contributed by atoms with Crippen molar-refractivity contribution in [1.29, 1.82) is 0 Å². The molecule has 0 radical (unpaired) electrons. The highest BCUT2D eigenvalue weighted by Crippen LogP contribution is 2.08. The number of carboxylic acids is 2. The molecule has 0 saturated carbocycles. The number of hydrogen-bond acceptors (Lipinski definition) is 6. The topological polar surface area (TPSA) is 142 Å². The highest BCUT2D eigenvalue weighted by Gasteiger charge is 2.21. The highest BCUT2D eigenvalue weighted by molar-refractivity contribution is 7.10. The number of anilines is 1. The molecule has 1 heterocycles. The molecule has 10 heteroatoms. The first kappa shape index (κ1) is 13.8. The Kier molecular flexibility index (Phi) is 4.99. The zero-order chi connectivity index (χ0) is 13.5. The molecule has 4 N–H and O–H groups in total. The normalized spacial score (nSPS) is 11.6. The number of hydrogen-bond donors (Lipinski definition) is 4. The van der Waals surface area contributed by atoms with Crippen LogP contribution >= 0.6 is 11.5 Å². The molecule has 18 heavy (non-hydrogen) atoms. The number of amides is 2. The van der Waals surface area contributed by atoms with Gasteiger partial charge in [0.1, 0.15) is 11.0 Å². The Hall–Kier alpha value is -2.23. The van der Waals surface area contributed by atoms with Crippen molar-refractivity contribution >= 4 is 34.5 Å². The molecular weight excluding hydrogens is 264 g/mol. The molecule has 0 aromatic carbocycles. The number of carboxylic acid groups (broad SMARTS) is 2. The zero-order valence-electron chi connectivity index (χ0n) is 8.99. The van der Waals surface area contributed by atoms with Gasteiger partial charge in [-0.05, 0) is 6.42 Å². The van der Waals surface area contributed by atoms with Gasteiger partial charge in [0.15, 0.2) is 0 Å². The number of nitrogens with zero attached hydrogens (tertiary/aromatic N) is 2. The Morgan fingerprint density at radius 1 is 1.39 bits per heavy atom. The van der Waals surface area contributed by atoms with Crippen LogP contribution in [0.5, 0.6) is 0 Å². The predicted molar refractivity (Wildman–Crippen MR) is 60.4 cm³/mol. The van der Waals surface area contributed by atoms with Gasteiger partial charge in [0.05, 0.1) is 6.20 Å². The van der Waals surface area contributed by atoms with Crippen LogP contribution in [0, 0.1) is 0 Å². The molecular formula is C8H10N4O5S. The molecule has 0 spiro atoms. The van der Waals surface area contributed by atoms with Crippen molar-refractivity contribution in [3.63, 3.8) is 0 Å². The van der Waals surface area contributed by atoms with E-state index in [0.717, 1.165) is 11.5 Å². The van der Waals surface area contributed by atoms with E-state index >= 15 is 0 Å². The Labute approximate surface area is 105 Å². The molecule has 1 atom stereocenters. The largest absolute Gasteiger partial charge is 0.481 e. The molecule has 0 bridgehead atoms. The summed E-state index contributed by atoms with van der Waals surface area (Å²) in [5, 5.41) is 25.6. The van der Waals surface area contributed by atoms with Crippen LogP contribution in [0.2, 0.25) is 0 Å². The fraction of sp³-hybridized carbons (Fsp3) is 0.375. The summed E-state index contributed by atoms with van der Waals surface area (Å²) in [4.78, 5) is 32.5. The summed E-state index contributed by atoms with van der Waals surface area (Å²) in [6.45, 7) is 0. The van der Waals surface area contributed by atoms with Gasteiger partial charge in [-0.15, -0.1) is 5.10 Å². The summed E-state index contributed by atoms with van der Waals surface area (Å²) in [6.07, 6.45) is 0.760. The molecule has 0 aliphatic heterocycles. The van der Waals surface area contributed by atoms with Crippen LogP contribution in [0.15, 0.2) is 6.20 Å². The van der Waals surface area contributed by atoms with E-state index in [4.69, 9.17) is 10.2 Å². The first-order chi connectivity index (χ1) is 8.49. The number of aromatic nitrogens is 2. The standard InChI is InChI=1S/C8H10N4O5S/c13-6(14)2-1-4(7(15)16)10-8(17)11-5-3-9-12-18-5/h3-4H,1-2H2,(H,13,14)(H,15,16)(H2,10,11,17)/t4-/m0/s1. The van der Waals surface area contributed by atoms with Crippen molar-refractivity contribution < 1.29 is 24.6 Å². The Balaban J connectivity index is 2.47. The Bertz CT molecular complexity index is 435. The first-order valence-electron chi connectivity index (χ1n) is 4.78. The lowest BCUT2D eigenvalue weighted by Gasteiger charge is -2.13. The lowest BCUT2D eigenvalue weighted by molar-refractivity contribution is -0.140. The van der Waals surface area contributed by atoms with Crippen molar-refractivity contribution in [2.75, 3.05) is 5.32 Å². The van der Waals surface area contributed by atoms with Gasteiger partial charge in [0.2, 0.25) is 0 Å². The molecule has 0 fully saturated rings. The van der Waals surface area contributed by atoms with E-state index in [-0.39, 0.29) is 12.8 Å². The van der Waals surface area contributed by atoms with Crippen LogP contribution in [0.3, 0.4) is 0 Å². The molecule has 1 aromatic heterocycles. The van der Waals surface area contributed by atoms with Crippen LogP contribution in [0.4, 0.5) is 9.80 Å². The Morgan fingerprint density at radius 2 is 2.11 bits per heavy atom. The monoisotopic (exact) mass is 274 g/mol. The second-order valence-electron chi connectivity index (χ2n) is 3.20. The molecule has 0 saturated heterocycles. The van der Waals surface area contributed by atoms with Crippen molar-refractivity contribution in [2.24, 2.45) is 0 Å². The fourth-order valence-electron chi connectivity index (χ4n) is 1.05. The number of carbonyl (C=O) groups excluding carboxylic acids is 1. The van der Waals surface area contributed by atoms with E-state index in [9.17, 15) is 14.4 Å². The summed E-state index contributed by atoms with van der Waals surface area (Å²) in [7, 11) is 0. The quantitative estimate of drug-likeness (QED) is 0.571. The van der Waals surface area contributed by atoms with E-state index in [1.165, 1.54) is 6.20 Å². The van der Waals surface area contributed by atoms with Crippen molar-refractivity contribution in [3.05, 3.63) is 6.20 Å². The average Bonchev–Trinajstić information content (AvgIpc) is 2.76. The maximum absolute atomic E-state index is 11.4. The van der Waals surface area contributed by atoms with Gasteiger partial charge in [0.25, 0.3) is 0 Å². The predicted octanol–water partition coefficient (Wildman–Crippen LogP) is -0.0224. The molecule has 0 aliphatic rings. The van der Waals surface area contributed by atoms with Crippen molar-refractivity contribution in [1.82, 2.24) is 14.9 Å². The van der Waals surface area contributed by atoms with E-state index in [0.29, 0.717) is 5.00 Å². The summed E-state index contributed by atoms with van der Waals surface area (Å²) in [6, 6.07) is -2.01. The third-order valence-electron chi connectivity index (χ3n) is 1.85. The second-order valence-corrected chi connectivity index (χ2v) is 3.99. The van der Waals surface area contributed by atoms with Crippen molar-refractivity contribution in [2.45, 2.75) is 18.9 Å². The van der Waals surface area contributed by atoms with Crippen molar-refractivity contribution in [3.8, 4) is 0 Å². The van der Waals surface area contributed by atoms with Gasteiger partial charge in [-0.25, -0.2) is 9.59 Å². The fourth-order valence-corrected chi connectivity index (χ4v) is 1.47. The number of nitrogens with one attached hydrogen (secondary N) is 2. The number of urea groups is 1. The lowest BCUT2D eigenvalue weighted by Crippen LogP contribution is -2.43. The van der Waals surface area contributed by atoms with E-state index < -0.39 is 24.0 Å². The van der Waals surface area contributed by atoms with Gasteiger partial charge in [0, 0.05) is 18.0 Å². The molecule has 0 aliphatic carbocycles. The van der Waals surface area contributed by atoms with Gasteiger partial charge < -0.3 is 15.5 Å².